The summed E-state index contributed by atoms with van der Waals surface area (Å²) in [6.07, 6.45) is 1.77. The number of nitrogens with zero attached hydrogens (tertiary/aromatic N) is 1. The summed E-state index contributed by atoms with van der Waals surface area (Å²) in [7, 11) is 28.2. The molecule has 19 heavy (non-hydrogen) atoms. The lowest BCUT2D eigenvalue weighted by atomic mass is 9.31. The molecule has 0 saturated carbocycles. The third-order valence-corrected chi connectivity index (χ3v) is 3.69. The van der Waals surface area contributed by atoms with E-state index in [0.29, 0.717) is 5.56 Å². The maximum Gasteiger partial charge on any atom is 0.0815 e. The summed E-state index contributed by atoms with van der Waals surface area (Å²) in [6, 6.07) is 6.01. The second-order valence-electron chi connectivity index (χ2n) is 5.34. The van der Waals surface area contributed by atoms with Crippen LogP contribution in [0.25, 0.3) is 10.9 Å². The fourth-order valence-corrected chi connectivity index (χ4v) is 2.16. The summed E-state index contributed by atoms with van der Waals surface area (Å²) >= 11 is 0. The van der Waals surface area contributed by atoms with E-state index in [2.05, 4.69) is 4.98 Å². The third kappa shape index (κ3) is 2.16. The van der Waals surface area contributed by atoms with Crippen LogP contribution >= 0.6 is 0 Å². The smallest absolute Gasteiger partial charge is 0.0815 e. The second-order valence-corrected chi connectivity index (χ2v) is 5.34. The van der Waals surface area contributed by atoms with E-state index in [9.17, 15) is 0 Å². The van der Waals surface area contributed by atoms with Crippen molar-refractivity contribution in [2.45, 2.75) is 17.5 Å². The van der Waals surface area contributed by atoms with Gasteiger partial charge in [0.25, 0.3) is 0 Å². The molecule has 2 rings (SSSR count). The van der Waals surface area contributed by atoms with Gasteiger partial charge >= 0.3 is 0 Å². The fraction of sp³-hybridized carbons (Fsp3) is 0.385. The van der Waals surface area contributed by atoms with Gasteiger partial charge in [-0.2, -0.15) is 0 Å². The Morgan fingerprint density at radius 1 is 1.11 bits per heavy atom. The van der Waals surface area contributed by atoms with Crippen molar-refractivity contribution in [3.63, 3.8) is 0 Å². The van der Waals surface area contributed by atoms with Crippen molar-refractivity contribution in [1.29, 1.82) is 0 Å². The van der Waals surface area contributed by atoms with Gasteiger partial charge in [0, 0.05) is 17.1 Å². The number of hydrogen-bond donors (Lipinski definition) is 1. The number of aryl methyl sites for hydroxylation is 1. The van der Waals surface area contributed by atoms with Crippen LogP contribution in [0, 0.1) is 6.92 Å². The maximum absolute atomic E-state index is 6.24. The van der Waals surface area contributed by atoms with Crippen LogP contribution < -0.4 is 0 Å². The summed E-state index contributed by atoms with van der Waals surface area (Å²) in [6.45, 7) is 2.01. The number of rotatable bonds is 3. The third-order valence-electron chi connectivity index (χ3n) is 3.69. The Balaban J connectivity index is 2.64. The Morgan fingerprint density at radius 3 is 2.32 bits per heavy atom. The van der Waals surface area contributed by atoms with Gasteiger partial charge in [0.1, 0.15) is 0 Å². The molecule has 2 aromatic rings. The maximum atomic E-state index is 6.24. The number of fused-ring (bicyclic) bond motifs is 1. The average Bonchev–Trinajstić information content (AvgIpc) is 2.71. The highest BCUT2D eigenvalue weighted by Crippen LogP contribution is 2.34. The number of nitrogens with one attached hydrogen (secondary N) is 1. The molecule has 0 spiro atoms. The standard InChI is InChI=1S/C13H14B4N2/c1-8-4-5-11-9(6-8)10(7-18-11)12(14,15)13(16,17)19(2)3/h4-7,18H,1-3H3. The second kappa shape index (κ2) is 4.52. The predicted molar refractivity (Wildman–Crippen MR) is 84.1 cm³/mol. The Kier molecular flexibility index (Phi) is 3.42. The van der Waals surface area contributed by atoms with Crippen molar-refractivity contribution >= 4 is 42.3 Å². The van der Waals surface area contributed by atoms with Crippen LogP contribution in [0.15, 0.2) is 24.4 Å². The van der Waals surface area contributed by atoms with Gasteiger partial charge in [-0.15, -0.1) is 0 Å². The van der Waals surface area contributed by atoms with Crippen LogP contribution in [0.4, 0.5) is 0 Å². The number of aromatic amines is 1. The van der Waals surface area contributed by atoms with Crippen LogP contribution in [-0.2, 0) is 5.21 Å². The van der Waals surface area contributed by atoms with E-state index in [4.69, 9.17) is 31.4 Å². The average molecular weight is 242 g/mol. The number of aromatic nitrogens is 1. The van der Waals surface area contributed by atoms with Gasteiger partial charge in [-0.05, 0) is 38.7 Å². The largest absolute Gasteiger partial charge is 0.361 e. The molecule has 1 N–H and O–H groups in total. The lowest BCUT2D eigenvalue weighted by molar-refractivity contribution is 0.310. The molecule has 0 atom stereocenters. The quantitative estimate of drug-likeness (QED) is 0.777. The van der Waals surface area contributed by atoms with E-state index in [1.54, 1.807) is 25.2 Å². The lowest BCUT2D eigenvalue weighted by Crippen LogP contribution is -2.62. The minimum atomic E-state index is -1.39. The number of hydrogen-bond acceptors (Lipinski definition) is 1. The van der Waals surface area contributed by atoms with E-state index in [1.807, 2.05) is 25.1 Å². The summed E-state index contributed by atoms with van der Waals surface area (Å²) in [5.41, 5.74) is 2.77. The Hall–Kier alpha value is -1.02. The molecular formula is C13H14B4N2. The molecule has 0 amide bonds. The first kappa shape index (κ1) is 14.4. The van der Waals surface area contributed by atoms with Crippen molar-refractivity contribution in [3.8, 4) is 0 Å². The predicted octanol–water partition coefficient (Wildman–Crippen LogP) is 0.519. The van der Waals surface area contributed by atoms with Gasteiger partial charge in [0.05, 0.1) is 31.4 Å². The molecule has 0 unspecified atom stereocenters. The molecule has 0 aliphatic rings. The summed E-state index contributed by atoms with van der Waals surface area (Å²) < 4.78 is 0. The summed E-state index contributed by atoms with van der Waals surface area (Å²) in [4.78, 5) is 4.76. The molecule has 88 valence electrons. The Bertz CT molecular complexity index is 602. The van der Waals surface area contributed by atoms with Gasteiger partial charge < -0.3 is 9.88 Å². The van der Waals surface area contributed by atoms with Gasteiger partial charge in [-0.3, -0.25) is 0 Å². The van der Waals surface area contributed by atoms with Gasteiger partial charge in [-0.25, -0.2) is 0 Å². The molecule has 1 aromatic carbocycles. The molecule has 1 heterocycles. The monoisotopic (exact) mass is 242 g/mol. The van der Waals surface area contributed by atoms with Crippen LogP contribution in [0.2, 0.25) is 0 Å². The fourth-order valence-electron chi connectivity index (χ4n) is 2.16. The zero-order chi connectivity index (χ0) is 14.4. The van der Waals surface area contributed by atoms with E-state index in [1.165, 1.54) is 0 Å². The zero-order valence-corrected chi connectivity index (χ0v) is 11.6. The zero-order valence-electron chi connectivity index (χ0n) is 11.6. The lowest BCUT2D eigenvalue weighted by Gasteiger charge is -2.49. The minimum Gasteiger partial charge on any atom is -0.361 e. The van der Waals surface area contributed by atoms with Crippen molar-refractivity contribution < 1.29 is 0 Å². The van der Waals surface area contributed by atoms with Gasteiger partial charge in [-0.1, -0.05) is 22.2 Å². The van der Waals surface area contributed by atoms with E-state index < -0.39 is 10.6 Å². The molecule has 0 fully saturated rings. The molecule has 2 nitrogen and oxygen atoms in total. The molecule has 8 radical (unpaired) electrons. The number of likely N-dealkylation sites (N-methyl/N-ethyl adjacent to an activating group) is 1. The topological polar surface area (TPSA) is 19.0 Å². The van der Waals surface area contributed by atoms with Crippen LogP contribution in [-0.4, -0.2) is 60.7 Å². The first-order valence-corrected chi connectivity index (χ1v) is 6.09. The van der Waals surface area contributed by atoms with Crippen LogP contribution in [0.5, 0.6) is 0 Å². The van der Waals surface area contributed by atoms with Gasteiger partial charge in [0.2, 0.25) is 0 Å². The molecule has 0 aliphatic carbocycles. The highest BCUT2D eigenvalue weighted by molar-refractivity contribution is 6.54. The summed E-state index contributed by atoms with van der Waals surface area (Å²) in [5, 5.41) is -1.82. The first-order valence-electron chi connectivity index (χ1n) is 6.09. The summed E-state index contributed by atoms with van der Waals surface area (Å²) in [5.74, 6) is 0. The molecule has 1 aromatic heterocycles. The molecule has 0 saturated heterocycles. The molecule has 6 heteroatoms. The number of H-pyrrole nitrogens is 1. The Labute approximate surface area is 120 Å². The normalized spacial score (nSPS) is 13.3. The Morgan fingerprint density at radius 2 is 1.74 bits per heavy atom. The molecule has 0 bridgehead atoms. The van der Waals surface area contributed by atoms with Crippen molar-refractivity contribution in [2.75, 3.05) is 14.1 Å². The van der Waals surface area contributed by atoms with Crippen LogP contribution in [0.3, 0.4) is 0 Å². The highest BCUT2D eigenvalue weighted by Gasteiger charge is 2.39. The van der Waals surface area contributed by atoms with Crippen LogP contribution in [0.1, 0.15) is 11.1 Å². The van der Waals surface area contributed by atoms with E-state index >= 15 is 0 Å². The first-order chi connectivity index (χ1) is 8.68. The number of benzene rings is 1. The molecular weight excluding hydrogens is 227 g/mol. The van der Waals surface area contributed by atoms with E-state index in [-0.39, 0.29) is 0 Å². The van der Waals surface area contributed by atoms with Crippen molar-refractivity contribution in [3.05, 3.63) is 35.5 Å². The highest BCUT2D eigenvalue weighted by atomic mass is 15.1. The SMILES string of the molecule is [B]C([B])(c1c[nH]c2ccc(C)cc12)C([B])([B])N(C)C. The van der Waals surface area contributed by atoms with Crippen molar-refractivity contribution in [1.82, 2.24) is 9.88 Å². The van der Waals surface area contributed by atoms with E-state index in [0.717, 1.165) is 16.5 Å². The van der Waals surface area contributed by atoms with Crippen molar-refractivity contribution in [2.24, 2.45) is 0 Å². The minimum absolute atomic E-state index is 0.699. The van der Waals surface area contributed by atoms with Gasteiger partial charge in [0.15, 0.2) is 0 Å². The molecule has 0 aliphatic heterocycles.